The van der Waals surface area contributed by atoms with Crippen LogP contribution in [0.5, 0.6) is 5.75 Å². The molecule has 20 heavy (non-hydrogen) atoms. The summed E-state index contributed by atoms with van der Waals surface area (Å²) >= 11 is 0. The zero-order valence-corrected chi connectivity index (χ0v) is 12.0. The number of fused-ring (bicyclic) bond motifs is 1. The fraction of sp³-hybridized carbons (Fsp3) is 0.412. The smallest absolute Gasteiger partial charge is 0.118 e. The van der Waals surface area contributed by atoms with Crippen molar-refractivity contribution in [3.8, 4) is 5.75 Å². The van der Waals surface area contributed by atoms with Crippen LogP contribution in [0.4, 0.5) is 0 Å². The quantitative estimate of drug-likeness (QED) is 0.870. The predicted molar refractivity (Wildman–Crippen MR) is 81.0 cm³/mol. The summed E-state index contributed by atoms with van der Waals surface area (Å²) in [6, 6.07) is 8.46. The molecule has 1 aliphatic carbocycles. The number of aromatic nitrogens is 1. The molecule has 2 N–H and O–H groups in total. The summed E-state index contributed by atoms with van der Waals surface area (Å²) in [6.07, 6.45) is 9.28. The van der Waals surface area contributed by atoms with Crippen molar-refractivity contribution in [3.05, 3.63) is 53.3 Å². The summed E-state index contributed by atoms with van der Waals surface area (Å²) < 4.78 is 7.45. The second-order valence-electron chi connectivity index (χ2n) is 5.61. The van der Waals surface area contributed by atoms with E-state index in [0.717, 1.165) is 18.7 Å². The first-order chi connectivity index (χ1) is 9.76. The van der Waals surface area contributed by atoms with Crippen molar-refractivity contribution in [2.75, 3.05) is 7.11 Å². The number of hydrogen-bond acceptors (Lipinski definition) is 2. The summed E-state index contributed by atoms with van der Waals surface area (Å²) in [7, 11) is 1.69. The maximum absolute atomic E-state index is 6.26. The minimum Gasteiger partial charge on any atom is -0.497 e. The number of ether oxygens (including phenoxy) is 1. The fourth-order valence-corrected chi connectivity index (χ4v) is 2.98. The highest BCUT2D eigenvalue weighted by atomic mass is 16.5. The second kappa shape index (κ2) is 5.71. The maximum Gasteiger partial charge on any atom is 0.118 e. The third kappa shape index (κ3) is 2.73. The summed E-state index contributed by atoms with van der Waals surface area (Å²) in [5, 5.41) is 0. The second-order valence-corrected chi connectivity index (χ2v) is 5.61. The summed E-state index contributed by atoms with van der Waals surface area (Å²) in [4.78, 5) is 0. The molecule has 2 aromatic rings. The van der Waals surface area contributed by atoms with Gasteiger partial charge in [0.05, 0.1) is 7.11 Å². The van der Waals surface area contributed by atoms with E-state index in [9.17, 15) is 0 Å². The van der Waals surface area contributed by atoms with E-state index in [1.807, 2.05) is 12.1 Å². The highest BCUT2D eigenvalue weighted by molar-refractivity contribution is 5.31. The van der Waals surface area contributed by atoms with Crippen LogP contribution < -0.4 is 10.5 Å². The van der Waals surface area contributed by atoms with E-state index in [2.05, 4.69) is 29.1 Å². The molecular formula is C17H22N2O. The molecule has 0 radical (unpaired) electrons. The molecule has 0 spiro atoms. The Labute approximate surface area is 120 Å². The Morgan fingerprint density at radius 3 is 2.75 bits per heavy atom. The van der Waals surface area contributed by atoms with Crippen molar-refractivity contribution >= 4 is 0 Å². The zero-order valence-electron chi connectivity index (χ0n) is 12.0. The monoisotopic (exact) mass is 270 g/mol. The molecule has 0 fully saturated rings. The van der Waals surface area contributed by atoms with Gasteiger partial charge in [-0.2, -0.15) is 0 Å². The standard InChI is InChI=1S/C17H22N2O/c1-20-15-8-6-13(7-9-15)10-19-11-14-4-2-3-5-17(18)16(14)12-19/h6-9,11-12,17H,2-5,10,18H2,1H3. The molecule has 106 valence electrons. The molecule has 3 heteroatoms. The van der Waals surface area contributed by atoms with Gasteiger partial charge in [-0.15, -0.1) is 0 Å². The Morgan fingerprint density at radius 2 is 2.00 bits per heavy atom. The van der Waals surface area contributed by atoms with Crippen molar-refractivity contribution in [1.29, 1.82) is 0 Å². The van der Waals surface area contributed by atoms with Crippen LogP contribution in [0.25, 0.3) is 0 Å². The number of methoxy groups -OCH3 is 1. The minimum absolute atomic E-state index is 0.213. The number of hydrogen-bond donors (Lipinski definition) is 1. The van der Waals surface area contributed by atoms with Crippen molar-refractivity contribution in [1.82, 2.24) is 4.57 Å². The molecular weight excluding hydrogens is 248 g/mol. The molecule has 0 saturated heterocycles. The summed E-state index contributed by atoms with van der Waals surface area (Å²) in [5.74, 6) is 0.902. The van der Waals surface area contributed by atoms with Crippen LogP contribution in [-0.4, -0.2) is 11.7 Å². The van der Waals surface area contributed by atoms with Gasteiger partial charge >= 0.3 is 0 Å². The number of rotatable bonds is 3. The van der Waals surface area contributed by atoms with Crippen LogP contribution in [0, 0.1) is 0 Å². The zero-order chi connectivity index (χ0) is 13.9. The van der Waals surface area contributed by atoms with E-state index in [4.69, 9.17) is 10.5 Å². The highest BCUT2D eigenvalue weighted by Crippen LogP contribution is 2.28. The molecule has 3 rings (SSSR count). The van der Waals surface area contributed by atoms with Crippen LogP contribution in [0.15, 0.2) is 36.7 Å². The normalized spacial score (nSPS) is 18.4. The Morgan fingerprint density at radius 1 is 1.20 bits per heavy atom. The molecule has 1 aromatic carbocycles. The van der Waals surface area contributed by atoms with E-state index < -0.39 is 0 Å². The van der Waals surface area contributed by atoms with Gasteiger partial charge in [0.1, 0.15) is 5.75 Å². The third-order valence-electron chi connectivity index (χ3n) is 4.13. The lowest BCUT2D eigenvalue weighted by atomic mass is 10.1. The average molecular weight is 270 g/mol. The highest BCUT2D eigenvalue weighted by Gasteiger charge is 2.17. The number of aryl methyl sites for hydroxylation is 1. The lowest BCUT2D eigenvalue weighted by Gasteiger charge is -2.08. The Bertz CT molecular complexity index is 571. The van der Waals surface area contributed by atoms with Gasteiger partial charge in [-0.05, 0) is 48.1 Å². The molecule has 3 nitrogen and oxygen atoms in total. The SMILES string of the molecule is COc1ccc(Cn2cc3c(c2)C(N)CCCC3)cc1. The minimum atomic E-state index is 0.213. The molecule has 0 amide bonds. The van der Waals surface area contributed by atoms with Crippen molar-refractivity contribution in [3.63, 3.8) is 0 Å². The lowest BCUT2D eigenvalue weighted by molar-refractivity contribution is 0.414. The van der Waals surface area contributed by atoms with Gasteiger partial charge in [-0.25, -0.2) is 0 Å². The van der Waals surface area contributed by atoms with Gasteiger partial charge in [0.15, 0.2) is 0 Å². The van der Waals surface area contributed by atoms with Gasteiger partial charge in [0.25, 0.3) is 0 Å². The maximum atomic E-state index is 6.26. The van der Waals surface area contributed by atoms with Gasteiger partial charge in [-0.3, -0.25) is 0 Å². The van der Waals surface area contributed by atoms with Crippen LogP contribution in [0.3, 0.4) is 0 Å². The van der Waals surface area contributed by atoms with Gasteiger partial charge in [0, 0.05) is 25.0 Å². The van der Waals surface area contributed by atoms with Crippen LogP contribution in [0.2, 0.25) is 0 Å². The predicted octanol–water partition coefficient (Wildman–Crippen LogP) is 3.27. The van der Waals surface area contributed by atoms with Gasteiger partial charge in [-0.1, -0.05) is 18.6 Å². The van der Waals surface area contributed by atoms with Crippen LogP contribution in [0.1, 0.15) is 42.0 Å². The molecule has 1 atom stereocenters. The first-order valence-electron chi connectivity index (χ1n) is 7.33. The lowest BCUT2D eigenvalue weighted by Crippen LogP contribution is -2.09. The fourth-order valence-electron chi connectivity index (χ4n) is 2.98. The Kier molecular flexibility index (Phi) is 3.79. The first kappa shape index (κ1) is 13.3. The number of nitrogens with zero attached hydrogens (tertiary/aromatic N) is 1. The van der Waals surface area contributed by atoms with E-state index in [1.54, 1.807) is 7.11 Å². The summed E-state index contributed by atoms with van der Waals surface area (Å²) in [6.45, 7) is 0.893. The number of nitrogens with two attached hydrogens (primary N) is 1. The topological polar surface area (TPSA) is 40.2 Å². The Hall–Kier alpha value is -1.74. The largest absolute Gasteiger partial charge is 0.497 e. The number of benzene rings is 1. The van der Waals surface area contributed by atoms with Gasteiger partial charge < -0.3 is 15.0 Å². The molecule has 1 unspecified atom stereocenters. The summed E-state index contributed by atoms with van der Waals surface area (Å²) in [5.41, 5.74) is 10.3. The Balaban J connectivity index is 1.79. The third-order valence-corrected chi connectivity index (χ3v) is 4.13. The van der Waals surface area contributed by atoms with E-state index in [1.165, 1.54) is 36.0 Å². The van der Waals surface area contributed by atoms with E-state index in [0.29, 0.717) is 0 Å². The van der Waals surface area contributed by atoms with Crippen molar-refractivity contribution in [2.45, 2.75) is 38.3 Å². The first-order valence-corrected chi connectivity index (χ1v) is 7.33. The van der Waals surface area contributed by atoms with Crippen molar-refractivity contribution in [2.24, 2.45) is 5.73 Å². The molecule has 0 bridgehead atoms. The molecule has 1 aromatic heterocycles. The van der Waals surface area contributed by atoms with Crippen LogP contribution >= 0.6 is 0 Å². The van der Waals surface area contributed by atoms with Crippen molar-refractivity contribution < 1.29 is 4.74 Å². The van der Waals surface area contributed by atoms with E-state index in [-0.39, 0.29) is 6.04 Å². The molecule has 1 heterocycles. The van der Waals surface area contributed by atoms with E-state index >= 15 is 0 Å². The average Bonchev–Trinajstić information content (AvgIpc) is 2.79. The van der Waals surface area contributed by atoms with Crippen LogP contribution in [-0.2, 0) is 13.0 Å². The molecule has 1 aliphatic rings. The van der Waals surface area contributed by atoms with Gasteiger partial charge in [0.2, 0.25) is 0 Å². The molecule has 0 aliphatic heterocycles. The molecule has 0 saturated carbocycles.